The second kappa shape index (κ2) is 8.75. The zero-order chi connectivity index (χ0) is 22.8. The molecule has 3 aromatic carbocycles. The number of aryl methyl sites for hydroxylation is 2. The van der Waals surface area contributed by atoms with E-state index in [1.165, 1.54) is 35.2 Å². The second-order valence-electron chi connectivity index (χ2n) is 7.82. The number of carbonyl (C=O) groups is 2. The monoisotopic (exact) mass is 432 g/mol. The second-order valence-corrected chi connectivity index (χ2v) is 7.82. The summed E-state index contributed by atoms with van der Waals surface area (Å²) in [5.74, 6) is -1.69. The van der Waals surface area contributed by atoms with Gasteiger partial charge in [-0.25, -0.2) is 8.78 Å². The van der Waals surface area contributed by atoms with Gasteiger partial charge in [0.1, 0.15) is 17.3 Å². The van der Waals surface area contributed by atoms with E-state index in [-0.39, 0.29) is 23.6 Å². The van der Waals surface area contributed by atoms with Gasteiger partial charge in [-0.1, -0.05) is 36.4 Å². The van der Waals surface area contributed by atoms with Crippen molar-refractivity contribution in [3.05, 3.63) is 106 Å². The molecule has 4 nitrogen and oxygen atoms in total. The fourth-order valence-electron chi connectivity index (χ4n) is 3.66. The number of anilines is 1. The van der Waals surface area contributed by atoms with Crippen LogP contribution in [0.1, 0.15) is 22.3 Å². The van der Waals surface area contributed by atoms with Gasteiger partial charge in [0.05, 0.1) is 5.57 Å². The molecular formula is C26H22F2N2O2. The predicted molar refractivity (Wildman–Crippen MR) is 120 cm³/mol. The Kier molecular flexibility index (Phi) is 5.86. The van der Waals surface area contributed by atoms with Gasteiger partial charge in [-0.2, -0.15) is 0 Å². The van der Waals surface area contributed by atoms with Gasteiger partial charge in [-0.05, 0) is 72.9 Å². The average molecular weight is 432 g/mol. The number of halogens is 2. The van der Waals surface area contributed by atoms with Gasteiger partial charge in [0.15, 0.2) is 0 Å². The predicted octanol–water partition coefficient (Wildman–Crippen LogP) is 5.02. The molecule has 4 rings (SSSR count). The van der Waals surface area contributed by atoms with Gasteiger partial charge in [-0.3, -0.25) is 14.5 Å². The third kappa shape index (κ3) is 4.30. The molecule has 3 aromatic rings. The van der Waals surface area contributed by atoms with E-state index < -0.39 is 17.6 Å². The lowest BCUT2D eigenvalue weighted by molar-refractivity contribution is -0.136. The molecule has 0 fully saturated rings. The van der Waals surface area contributed by atoms with E-state index in [0.29, 0.717) is 17.7 Å². The molecule has 0 radical (unpaired) electrons. The number of imide groups is 1. The first-order valence-corrected chi connectivity index (χ1v) is 10.3. The maximum Gasteiger partial charge on any atom is 0.278 e. The first-order valence-electron chi connectivity index (χ1n) is 10.3. The topological polar surface area (TPSA) is 49.4 Å². The third-order valence-corrected chi connectivity index (χ3v) is 5.59. The van der Waals surface area contributed by atoms with Crippen LogP contribution < -0.4 is 5.32 Å². The summed E-state index contributed by atoms with van der Waals surface area (Å²) < 4.78 is 26.9. The van der Waals surface area contributed by atoms with Crippen molar-refractivity contribution in [3.8, 4) is 0 Å². The minimum atomic E-state index is -0.477. The fourth-order valence-corrected chi connectivity index (χ4v) is 3.66. The number of nitrogens with zero attached hydrogens (tertiary/aromatic N) is 1. The van der Waals surface area contributed by atoms with E-state index in [1.54, 1.807) is 24.3 Å². The van der Waals surface area contributed by atoms with Crippen LogP contribution in [0.5, 0.6) is 0 Å². The Morgan fingerprint density at radius 3 is 2.25 bits per heavy atom. The number of rotatable bonds is 6. The van der Waals surface area contributed by atoms with Crippen LogP contribution >= 0.6 is 0 Å². The summed E-state index contributed by atoms with van der Waals surface area (Å²) >= 11 is 0. The molecule has 0 saturated heterocycles. The molecule has 0 spiro atoms. The van der Waals surface area contributed by atoms with E-state index in [1.807, 2.05) is 26.0 Å². The molecule has 162 valence electrons. The quantitative estimate of drug-likeness (QED) is 0.557. The minimum absolute atomic E-state index is 0.114. The molecule has 1 aliphatic rings. The van der Waals surface area contributed by atoms with Crippen LogP contribution in [0.2, 0.25) is 0 Å². The Bertz CT molecular complexity index is 1230. The molecule has 0 aliphatic carbocycles. The summed E-state index contributed by atoms with van der Waals surface area (Å²) in [6.45, 7) is 4.05. The van der Waals surface area contributed by atoms with Crippen molar-refractivity contribution in [3.63, 3.8) is 0 Å². The van der Waals surface area contributed by atoms with Gasteiger partial charge in [-0.15, -0.1) is 0 Å². The van der Waals surface area contributed by atoms with Crippen LogP contribution in [0, 0.1) is 25.5 Å². The number of carbonyl (C=O) groups excluding carboxylic acids is 2. The van der Waals surface area contributed by atoms with E-state index in [0.717, 1.165) is 16.7 Å². The number of hydrogen-bond acceptors (Lipinski definition) is 3. The highest BCUT2D eigenvalue weighted by Crippen LogP contribution is 2.31. The molecule has 0 unspecified atom stereocenters. The molecule has 1 heterocycles. The molecule has 0 atom stereocenters. The van der Waals surface area contributed by atoms with Crippen molar-refractivity contribution < 1.29 is 18.4 Å². The first kappa shape index (κ1) is 21.4. The van der Waals surface area contributed by atoms with Gasteiger partial charge < -0.3 is 5.32 Å². The van der Waals surface area contributed by atoms with E-state index in [4.69, 9.17) is 0 Å². The molecule has 1 aliphatic heterocycles. The van der Waals surface area contributed by atoms with Crippen LogP contribution in [0.25, 0.3) is 5.57 Å². The van der Waals surface area contributed by atoms with Crippen LogP contribution in [0.4, 0.5) is 14.5 Å². The highest BCUT2D eigenvalue weighted by atomic mass is 19.1. The Morgan fingerprint density at radius 1 is 0.812 bits per heavy atom. The van der Waals surface area contributed by atoms with Crippen molar-refractivity contribution in [2.45, 2.75) is 20.3 Å². The molecular weight excluding hydrogens is 410 g/mol. The van der Waals surface area contributed by atoms with Crippen molar-refractivity contribution in [1.29, 1.82) is 0 Å². The average Bonchev–Trinajstić information content (AvgIpc) is 2.99. The van der Waals surface area contributed by atoms with E-state index in [9.17, 15) is 18.4 Å². The van der Waals surface area contributed by atoms with Gasteiger partial charge in [0.25, 0.3) is 11.8 Å². The summed E-state index contributed by atoms with van der Waals surface area (Å²) in [5.41, 5.74) is 4.23. The molecule has 2 amide bonds. The third-order valence-electron chi connectivity index (χ3n) is 5.59. The maximum absolute atomic E-state index is 13.7. The van der Waals surface area contributed by atoms with Crippen LogP contribution in [-0.4, -0.2) is 23.3 Å². The van der Waals surface area contributed by atoms with Gasteiger partial charge in [0, 0.05) is 12.2 Å². The van der Waals surface area contributed by atoms with Crippen LogP contribution in [0.3, 0.4) is 0 Å². The molecule has 0 aromatic heterocycles. The summed E-state index contributed by atoms with van der Waals surface area (Å²) in [6.07, 6.45) is 0.394. The Hall–Kier alpha value is -3.80. The highest BCUT2D eigenvalue weighted by molar-refractivity contribution is 6.36. The standard InChI is InChI=1S/C26H22F2N2O2/c1-16-6-9-19(14-17(16)2)23-24(29-22-5-3-4-21(28)15-22)26(32)30(25(23)31)13-12-18-7-10-20(27)11-8-18/h3-11,14-15,29H,12-13H2,1-2H3. The Morgan fingerprint density at radius 2 is 1.56 bits per heavy atom. The lowest BCUT2D eigenvalue weighted by Crippen LogP contribution is -2.34. The molecule has 1 N–H and O–H groups in total. The number of nitrogens with one attached hydrogen (secondary N) is 1. The maximum atomic E-state index is 13.7. The van der Waals surface area contributed by atoms with Crippen molar-refractivity contribution >= 4 is 23.1 Å². The van der Waals surface area contributed by atoms with Crippen molar-refractivity contribution in [1.82, 2.24) is 4.90 Å². The van der Waals surface area contributed by atoms with Crippen molar-refractivity contribution in [2.75, 3.05) is 11.9 Å². The van der Waals surface area contributed by atoms with Crippen LogP contribution in [-0.2, 0) is 16.0 Å². The lowest BCUT2D eigenvalue weighted by Gasteiger charge is -2.15. The fraction of sp³-hybridized carbons (Fsp3) is 0.154. The molecule has 0 bridgehead atoms. The van der Waals surface area contributed by atoms with E-state index >= 15 is 0 Å². The van der Waals surface area contributed by atoms with Gasteiger partial charge in [0.2, 0.25) is 0 Å². The summed E-state index contributed by atoms with van der Waals surface area (Å²) in [6, 6.07) is 17.3. The smallest absolute Gasteiger partial charge is 0.278 e. The molecule has 0 saturated carbocycles. The summed E-state index contributed by atoms with van der Waals surface area (Å²) in [5, 5.41) is 2.96. The zero-order valence-electron chi connectivity index (χ0n) is 17.8. The number of hydrogen-bond donors (Lipinski definition) is 1. The summed E-state index contributed by atoms with van der Waals surface area (Å²) in [7, 11) is 0. The van der Waals surface area contributed by atoms with E-state index in [2.05, 4.69) is 5.32 Å². The number of amides is 2. The van der Waals surface area contributed by atoms with Crippen molar-refractivity contribution in [2.24, 2.45) is 0 Å². The zero-order valence-corrected chi connectivity index (χ0v) is 17.8. The van der Waals surface area contributed by atoms with Crippen LogP contribution in [0.15, 0.2) is 72.4 Å². The first-order chi connectivity index (χ1) is 15.3. The summed E-state index contributed by atoms with van der Waals surface area (Å²) in [4.78, 5) is 27.8. The Labute approximate surface area is 185 Å². The molecule has 32 heavy (non-hydrogen) atoms. The normalized spacial score (nSPS) is 13.8. The van der Waals surface area contributed by atoms with Gasteiger partial charge >= 0.3 is 0 Å². The Balaban J connectivity index is 1.68. The molecule has 6 heteroatoms. The minimum Gasteiger partial charge on any atom is -0.350 e. The highest BCUT2D eigenvalue weighted by Gasteiger charge is 2.39. The number of benzene rings is 3. The largest absolute Gasteiger partial charge is 0.350 e. The lowest BCUT2D eigenvalue weighted by atomic mass is 9.99. The SMILES string of the molecule is Cc1ccc(C2=C(Nc3cccc(F)c3)C(=O)N(CCc3ccc(F)cc3)C2=O)cc1C.